The van der Waals surface area contributed by atoms with Crippen molar-refractivity contribution in [3.63, 3.8) is 0 Å². The molecule has 0 bridgehead atoms. The number of aromatic nitrogens is 3. The molecule has 0 unspecified atom stereocenters. The van der Waals surface area contributed by atoms with Gasteiger partial charge >= 0.3 is 0 Å². The molecule has 1 N–H and O–H groups in total. The first-order valence-corrected chi connectivity index (χ1v) is 15.3. The number of halogens is 2. The van der Waals surface area contributed by atoms with E-state index in [0.29, 0.717) is 44.1 Å². The second-order valence-corrected chi connectivity index (χ2v) is 12.4. The number of rotatable bonds is 5. The summed E-state index contributed by atoms with van der Waals surface area (Å²) in [5.41, 5.74) is 3.15. The summed E-state index contributed by atoms with van der Waals surface area (Å²) in [6.45, 7) is 0. The minimum atomic E-state index is -3.80. The molecular weight excluding hydrogens is 588 g/mol. The predicted octanol–water partition coefficient (Wildman–Crippen LogP) is 6.15. The highest BCUT2D eigenvalue weighted by atomic mass is 32.2. The van der Waals surface area contributed by atoms with Gasteiger partial charge in [-0.05, 0) is 60.7 Å². The molecule has 0 radical (unpaired) electrons. The monoisotopic (exact) mass is 611 g/mol. The van der Waals surface area contributed by atoms with E-state index >= 15 is 0 Å². The molecule has 44 heavy (non-hydrogen) atoms. The highest BCUT2D eigenvalue weighted by molar-refractivity contribution is 7.92. The number of sulfonamides is 1. The first-order chi connectivity index (χ1) is 21.0. The number of hydrogen-bond donors (Lipinski definition) is 1. The largest absolute Gasteiger partial charge is 0.437 e. The fourth-order valence-electron chi connectivity index (χ4n) is 5.43. The van der Waals surface area contributed by atoms with Crippen LogP contribution in [0.3, 0.4) is 0 Å². The zero-order valence-electron chi connectivity index (χ0n) is 23.6. The summed E-state index contributed by atoms with van der Waals surface area (Å²) in [4.78, 5) is 22.7. The minimum absolute atomic E-state index is 0.00803. The van der Waals surface area contributed by atoms with E-state index in [1.807, 2.05) is 28.8 Å². The van der Waals surface area contributed by atoms with Crippen LogP contribution < -0.4 is 9.62 Å². The van der Waals surface area contributed by atoms with Gasteiger partial charge in [-0.1, -0.05) is 12.1 Å². The van der Waals surface area contributed by atoms with Gasteiger partial charge in [-0.3, -0.25) is 9.10 Å². The molecule has 0 aliphatic heterocycles. The number of fused-ring (bicyclic) bond motifs is 6. The van der Waals surface area contributed by atoms with E-state index in [2.05, 4.69) is 10.3 Å². The van der Waals surface area contributed by atoms with Gasteiger partial charge in [0.2, 0.25) is 15.7 Å². The normalized spacial score (nSPS) is 12.0. The molecule has 0 saturated heterocycles. The molecule has 220 valence electrons. The zero-order valence-corrected chi connectivity index (χ0v) is 24.4. The fourth-order valence-corrected chi connectivity index (χ4v) is 5.88. The maximum absolute atomic E-state index is 14.7. The van der Waals surface area contributed by atoms with Crippen molar-refractivity contribution < 1.29 is 26.4 Å². The van der Waals surface area contributed by atoms with Crippen molar-refractivity contribution in [2.24, 2.45) is 0 Å². The molecule has 2 aromatic carbocycles. The quantitative estimate of drug-likeness (QED) is 0.250. The lowest BCUT2D eigenvalue weighted by atomic mass is 10.0. The topological polar surface area (TPSA) is 110 Å². The Morgan fingerprint density at radius 2 is 1.73 bits per heavy atom. The highest BCUT2D eigenvalue weighted by Gasteiger charge is 2.27. The van der Waals surface area contributed by atoms with Gasteiger partial charge in [-0.15, -0.1) is 0 Å². The number of anilines is 1. The van der Waals surface area contributed by atoms with E-state index in [4.69, 9.17) is 9.40 Å². The molecule has 1 amide bonds. The molecule has 0 aliphatic rings. The average molecular weight is 612 g/mol. The number of amides is 1. The van der Waals surface area contributed by atoms with Crippen LogP contribution in [0.15, 0.2) is 83.4 Å². The van der Waals surface area contributed by atoms with Crippen LogP contribution in [-0.4, -0.2) is 49.0 Å². The van der Waals surface area contributed by atoms with E-state index in [9.17, 15) is 22.0 Å². The number of nitrogens with one attached hydrogen (secondary N) is 1. The van der Waals surface area contributed by atoms with Gasteiger partial charge in [-0.25, -0.2) is 22.2 Å². The molecule has 0 atom stereocenters. The van der Waals surface area contributed by atoms with E-state index < -0.39 is 21.7 Å². The number of carbonyl (C=O) groups is 1. The molecule has 7 aromatic rings. The molecule has 0 aliphatic carbocycles. The number of hydrogen-bond acceptors (Lipinski definition) is 6. The molecular formula is C32H23F2N5O4S. The number of pyridine rings is 3. The fraction of sp³-hybridized carbons (Fsp3) is 0.0938. The molecule has 7 rings (SSSR count). The Bertz CT molecular complexity index is 2420. The third kappa shape index (κ3) is 4.25. The van der Waals surface area contributed by atoms with Crippen molar-refractivity contribution in [2.75, 3.05) is 24.7 Å². The Morgan fingerprint density at radius 1 is 0.955 bits per heavy atom. The first kappa shape index (κ1) is 27.5. The maximum Gasteiger partial charge on any atom is 0.255 e. The second kappa shape index (κ2) is 9.85. The van der Waals surface area contributed by atoms with Gasteiger partial charge < -0.3 is 14.1 Å². The summed E-state index contributed by atoms with van der Waals surface area (Å²) in [6.07, 6.45) is 2.89. The van der Waals surface area contributed by atoms with Crippen LogP contribution in [0.25, 0.3) is 61.0 Å². The highest BCUT2D eigenvalue weighted by Crippen LogP contribution is 2.39. The van der Waals surface area contributed by atoms with Gasteiger partial charge in [0.15, 0.2) is 5.82 Å². The molecule has 0 saturated carbocycles. The van der Waals surface area contributed by atoms with Crippen LogP contribution in [-0.2, 0) is 10.0 Å². The van der Waals surface area contributed by atoms with Gasteiger partial charge in [0.05, 0.1) is 39.4 Å². The lowest BCUT2D eigenvalue weighted by Gasteiger charge is -2.19. The lowest BCUT2D eigenvalue weighted by molar-refractivity contribution is 0.0964. The zero-order chi connectivity index (χ0) is 30.9. The Morgan fingerprint density at radius 3 is 2.45 bits per heavy atom. The standard InChI is InChI=1S/C32H23F2N5O4S/c1-35-31(40)27-22-15-21(30(38(2)44(3,41)42)37-32(22)43-29(27)18-7-10-19(33)11-8-18)24-12-9-17-13-14-39-25-6-4-5-23(34)20(25)16-26(39)28(17)36-24/h4-16H,1-3H3,(H,35,40). The summed E-state index contributed by atoms with van der Waals surface area (Å²) < 4.78 is 62.8. The summed E-state index contributed by atoms with van der Waals surface area (Å²) in [6, 6.07) is 19.1. The minimum Gasteiger partial charge on any atom is -0.437 e. The summed E-state index contributed by atoms with van der Waals surface area (Å²) >= 11 is 0. The number of benzene rings is 2. The lowest BCUT2D eigenvalue weighted by Crippen LogP contribution is -2.26. The van der Waals surface area contributed by atoms with E-state index in [1.54, 1.807) is 24.3 Å². The Hall–Kier alpha value is -5.36. The van der Waals surface area contributed by atoms with Crippen molar-refractivity contribution in [1.29, 1.82) is 0 Å². The third-order valence-electron chi connectivity index (χ3n) is 7.70. The molecule has 5 aromatic heterocycles. The van der Waals surface area contributed by atoms with Gasteiger partial charge in [-0.2, -0.15) is 4.98 Å². The van der Waals surface area contributed by atoms with Crippen molar-refractivity contribution in [1.82, 2.24) is 19.7 Å². The Balaban J connectivity index is 1.54. The van der Waals surface area contributed by atoms with E-state index in [1.165, 1.54) is 44.4 Å². The van der Waals surface area contributed by atoms with E-state index in [0.717, 1.165) is 15.9 Å². The van der Waals surface area contributed by atoms with Crippen molar-refractivity contribution in [3.8, 4) is 22.6 Å². The van der Waals surface area contributed by atoms with Gasteiger partial charge in [0.1, 0.15) is 17.4 Å². The number of carbonyl (C=O) groups excluding carboxylic acids is 1. The van der Waals surface area contributed by atoms with Crippen LogP contribution in [0.5, 0.6) is 0 Å². The maximum atomic E-state index is 14.7. The summed E-state index contributed by atoms with van der Waals surface area (Å²) in [7, 11) is -0.973. The average Bonchev–Trinajstić information content (AvgIpc) is 3.59. The molecule has 5 heterocycles. The van der Waals surface area contributed by atoms with Crippen LogP contribution in [0.1, 0.15) is 10.4 Å². The summed E-state index contributed by atoms with van der Waals surface area (Å²) in [5, 5.41) is 4.13. The smallest absolute Gasteiger partial charge is 0.255 e. The predicted molar refractivity (Wildman–Crippen MR) is 165 cm³/mol. The second-order valence-electron chi connectivity index (χ2n) is 10.4. The van der Waals surface area contributed by atoms with Crippen LogP contribution in [0, 0.1) is 11.6 Å². The van der Waals surface area contributed by atoms with Gasteiger partial charge in [0.25, 0.3) is 5.91 Å². The van der Waals surface area contributed by atoms with E-state index in [-0.39, 0.29) is 28.7 Å². The van der Waals surface area contributed by atoms with Crippen molar-refractivity contribution >= 4 is 60.2 Å². The Labute approximate surface area is 249 Å². The summed E-state index contributed by atoms with van der Waals surface area (Å²) in [5.74, 6) is -1.13. The third-order valence-corrected chi connectivity index (χ3v) is 8.86. The molecule has 0 fully saturated rings. The molecule has 9 nitrogen and oxygen atoms in total. The number of nitrogens with zero attached hydrogens (tertiary/aromatic N) is 4. The number of furan rings is 1. The van der Waals surface area contributed by atoms with Crippen LogP contribution in [0.2, 0.25) is 0 Å². The first-order valence-electron chi connectivity index (χ1n) is 13.4. The van der Waals surface area contributed by atoms with Crippen molar-refractivity contribution in [2.45, 2.75) is 0 Å². The van der Waals surface area contributed by atoms with Crippen LogP contribution in [0.4, 0.5) is 14.6 Å². The van der Waals surface area contributed by atoms with Gasteiger partial charge in [0, 0.05) is 42.2 Å². The van der Waals surface area contributed by atoms with Crippen molar-refractivity contribution in [3.05, 3.63) is 96.2 Å². The Kier molecular flexibility index (Phi) is 6.15. The molecule has 12 heteroatoms. The SMILES string of the molecule is CNC(=O)c1c(-c2ccc(F)cc2)oc2nc(N(C)S(C)(=O)=O)c(-c3ccc4ccn5c6cccc(F)c6cc5c4n3)cc12. The molecule has 0 spiro atoms. The van der Waals surface area contributed by atoms with Crippen LogP contribution >= 0.6 is 0 Å².